The molecule has 0 spiro atoms. The number of likely N-dealkylation sites (N-methyl/N-ethyl adjacent to an activating group) is 1. The highest BCUT2D eigenvalue weighted by atomic mass is 31.2. The van der Waals surface area contributed by atoms with E-state index in [9.17, 15) is 5.26 Å². The lowest BCUT2D eigenvalue weighted by Crippen LogP contribution is -2.36. The second-order valence-electron chi connectivity index (χ2n) is 10.4. The predicted octanol–water partition coefficient (Wildman–Crippen LogP) is 6.27. The average Bonchev–Trinajstić information content (AvgIpc) is 3.42. The van der Waals surface area contributed by atoms with Crippen LogP contribution in [-0.2, 0) is 0 Å². The van der Waals surface area contributed by atoms with Gasteiger partial charge in [0.05, 0.1) is 11.6 Å². The maximum absolute atomic E-state index is 9.83. The summed E-state index contributed by atoms with van der Waals surface area (Å²) < 4.78 is 8.21. The summed E-state index contributed by atoms with van der Waals surface area (Å²) >= 11 is 0. The third kappa shape index (κ3) is 5.08. The second-order valence-corrected chi connectivity index (χ2v) is 13.6. The Bertz CT molecular complexity index is 1730. The van der Waals surface area contributed by atoms with Crippen LogP contribution >= 0.6 is 7.41 Å². The van der Waals surface area contributed by atoms with Crippen molar-refractivity contribution in [2.75, 3.05) is 27.2 Å². The molecule has 5 nitrogen and oxygen atoms in total. The molecule has 1 heterocycles. The lowest BCUT2D eigenvalue weighted by atomic mass is 10.1. The van der Waals surface area contributed by atoms with Crippen LogP contribution in [-0.4, -0.2) is 41.7 Å². The van der Waals surface area contributed by atoms with Crippen LogP contribution in [0.1, 0.15) is 5.56 Å². The smallest absolute Gasteiger partial charge is 0.228 e. The molecule has 0 aliphatic carbocycles. The van der Waals surface area contributed by atoms with Gasteiger partial charge in [0.1, 0.15) is 39.5 Å². The highest BCUT2D eigenvalue weighted by molar-refractivity contribution is 7.94. The van der Waals surface area contributed by atoms with Gasteiger partial charge in [-0.15, -0.1) is 9.55 Å². The van der Waals surface area contributed by atoms with Gasteiger partial charge in [-0.05, 0) is 93.0 Å². The minimum absolute atomic E-state index is 0.606. The molecule has 0 saturated carbocycles. The molecule has 0 radical (unpaired) electrons. The van der Waals surface area contributed by atoms with Crippen molar-refractivity contribution in [3.63, 3.8) is 0 Å². The summed E-state index contributed by atoms with van der Waals surface area (Å²) in [7, 11) is 1.55. The van der Waals surface area contributed by atoms with Crippen molar-refractivity contribution in [2.45, 2.75) is 0 Å². The van der Waals surface area contributed by atoms with Crippen LogP contribution in [0.2, 0.25) is 0 Å². The van der Waals surface area contributed by atoms with Crippen LogP contribution in [0.4, 0.5) is 0 Å². The van der Waals surface area contributed by atoms with Crippen LogP contribution in [0.5, 0.6) is 5.75 Å². The first-order valence-electron chi connectivity index (χ1n) is 14.0. The van der Waals surface area contributed by atoms with E-state index in [0.717, 1.165) is 34.5 Å². The van der Waals surface area contributed by atoms with E-state index in [1.54, 1.807) is 0 Å². The van der Waals surface area contributed by atoms with Crippen LogP contribution in [0.3, 0.4) is 0 Å². The quantitative estimate of drug-likeness (QED) is 0.193. The Hall–Kier alpha value is -4.75. The number of hydrogen-bond donors (Lipinski definition) is 0. The Morgan fingerprint density at radius 2 is 1.29 bits per heavy atom. The third-order valence-electron chi connectivity index (χ3n) is 7.40. The standard InChI is InChI=1S/C36H32N4OP/c1-39(2)24-25-41-30-21-19-29(20-22-30)36-34-26-28(27-37)18-23-35(34)40(38-36)42(31-12-6-3-7-13-31,32-14-8-4-9-15-32)33-16-10-5-11-17-33/h3-23,26H,24-25H2,1-2H3/q+1. The maximum atomic E-state index is 9.83. The fourth-order valence-electron chi connectivity index (χ4n) is 5.38. The maximum Gasteiger partial charge on any atom is 0.228 e. The Morgan fingerprint density at radius 3 is 1.79 bits per heavy atom. The van der Waals surface area contributed by atoms with Crippen molar-refractivity contribution < 1.29 is 4.74 Å². The fourth-order valence-corrected chi connectivity index (χ4v) is 9.46. The predicted molar refractivity (Wildman–Crippen MR) is 174 cm³/mol. The molecule has 0 saturated heterocycles. The molecular formula is C36H32N4OP+. The summed E-state index contributed by atoms with van der Waals surface area (Å²) in [6.45, 7) is 1.46. The number of nitriles is 1. The van der Waals surface area contributed by atoms with E-state index >= 15 is 0 Å². The molecule has 6 aromatic rings. The first kappa shape index (κ1) is 27.4. The molecule has 0 fully saturated rings. The molecule has 0 amide bonds. The zero-order chi connectivity index (χ0) is 28.9. The first-order chi connectivity index (χ1) is 20.6. The van der Waals surface area contributed by atoms with Crippen molar-refractivity contribution in [1.29, 1.82) is 5.26 Å². The minimum Gasteiger partial charge on any atom is -0.492 e. The van der Waals surface area contributed by atoms with Gasteiger partial charge in [-0.1, -0.05) is 54.6 Å². The number of rotatable bonds is 9. The van der Waals surface area contributed by atoms with Gasteiger partial charge >= 0.3 is 0 Å². The molecule has 1 aromatic heterocycles. The monoisotopic (exact) mass is 567 g/mol. The summed E-state index contributed by atoms with van der Waals surface area (Å²) in [4.78, 5) is 2.10. The molecular weight excluding hydrogens is 535 g/mol. The van der Waals surface area contributed by atoms with Gasteiger partial charge in [0.2, 0.25) is 7.41 Å². The van der Waals surface area contributed by atoms with Crippen molar-refractivity contribution >= 4 is 34.2 Å². The van der Waals surface area contributed by atoms with Crippen LogP contribution in [0.25, 0.3) is 22.2 Å². The molecule has 5 aromatic carbocycles. The van der Waals surface area contributed by atoms with Crippen LogP contribution in [0.15, 0.2) is 133 Å². The SMILES string of the molecule is CN(C)CCOc1ccc(-c2nn([P+](c3ccccc3)(c3ccccc3)c3ccccc3)c3ccc(C#N)cc23)cc1. The lowest BCUT2D eigenvalue weighted by molar-refractivity contribution is 0.261. The van der Waals surface area contributed by atoms with Crippen LogP contribution < -0.4 is 20.7 Å². The largest absolute Gasteiger partial charge is 0.492 e. The molecule has 6 rings (SSSR count). The molecule has 0 aliphatic heterocycles. The molecule has 0 bridgehead atoms. The van der Waals surface area contributed by atoms with Gasteiger partial charge in [-0.2, -0.15) is 5.26 Å². The number of fused-ring (bicyclic) bond motifs is 1. The molecule has 0 aliphatic rings. The fraction of sp³-hybridized carbons (Fsp3) is 0.111. The van der Waals surface area contributed by atoms with Gasteiger partial charge < -0.3 is 9.64 Å². The first-order valence-corrected chi connectivity index (χ1v) is 15.7. The highest BCUT2D eigenvalue weighted by Gasteiger charge is 2.50. The van der Waals surface area contributed by atoms with Crippen LogP contribution in [0, 0.1) is 11.3 Å². The number of nitrogens with zero attached hydrogens (tertiary/aromatic N) is 4. The van der Waals surface area contributed by atoms with Gasteiger partial charge in [-0.3, -0.25) is 0 Å². The van der Waals surface area contributed by atoms with Crippen molar-refractivity contribution in [3.8, 4) is 23.1 Å². The van der Waals surface area contributed by atoms with Crippen molar-refractivity contribution in [2.24, 2.45) is 0 Å². The summed E-state index contributed by atoms with van der Waals surface area (Å²) in [5, 5.41) is 19.8. The van der Waals surface area contributed by atoms with E-state index in [2.05, 4.69) is 119 Å². The zero-order valence-corrected chi connectivity index (χ0v) is 24.7. The minimum atomic E-state index is -2.51. The molecule has 42 heavy (non-hydrogen) atoms. The number of hydrogen-bond acceptors (Lipinski definition) is 4. The van der Waals surface area contributed by atoms with E-state index in [0.29, 0.717) is 12.2 Å². The van der Waals surface area contributed by atoms with E-state index in [4.69, 9.17) is 9.84 Å². The third-order valence-corrected chi connectivity index (χ3v) is 11.4. The number of ether oxygens (including phenoxy) is 1. The number of benzene rings is 5. The summed E-state index contributed by atoms with van der Waals surface area (Å²) in [6.07, 6.45) is 0. The summed E-state index contributed by atoms with van der Waals surface area (Å²) in [6, 6.07) is 48.4. The van der Waals surface area contributed by atoms with E-state index < -0.39 is 7.41 Å². The molecule has 206 valence electrons. The molecule has 0 N–H and O–H groups in total. The van der Waals surface area contributed by atoms with Crippen molar-refractivity contribution in [3.05, 3.63) is 139 Å². The van der Waals surface area contributed by atoms with Gasteiger partial charge in [0.15, 0.2) is 0 Å². The average molecular weight is 568 g/mol. The molecule has 6 heteroatoms. The Morgan fingerprint density at radius 1 is 0.738 bits per heavy atom. The summed E-state index contributed by atoms with van der Waals surface area (Å²) in [5.74, 6) is 0.821. The van der Waals surface area contributed by atoms with E-state index in [-0.39, 0.29) is 0 Å². The Labute approximate surface area is 247 Å². The summed E-state index contributed by atoms with van der Waals surface area (Å²) in [5.41, 5.74) is 3.41. The van der Waals surface area contributed by atoms with E-state index in [1.807, 2.05) is 44.4 Å². The zero-order valence-electron chi connectivity index (χ0n) is 23.8. The Kier molecular flexibility index (Phi) is 7.84. The molecule has 0 atom stereocenters. The second kappa shape index (κ2) is 12.0. The number of aromatic nitrogens is 2. The highest BCUT2D eigenvalue weighted by Crippen LogP contribution is 2.58. The lowest BCUT2D eigenvalue weighted by Gasteiger charge is -2.27. The van der Waals surface area contributed by atoms with E-state index in [1.165, 1.54) is 15.9 Å². The Balaban J connectivity index is 1.62. The van der Waals surface area contributed by atoms with Gasteiger partial charge in [0, 0.05) is 17.5 Å². The topological polar surface area (TPSA) is 54.1 Å². The van der Waals surface area contributed by atoms with Crippen molar-refractivity contribution in [1.82, 2.24) is 14.5 Å². The van der Waals surface area contributed by atoms with Gasteiger partial charge in [-0.25, -0.2) is 0 Å². The normalized spacial score (nSPS) is 11.5. The molecule has 0 unspecified atom stereocenters. The van der Waals surface area contributed by atoms with Gasteiger partial charge in [0.25, 0.3) is 0 Å².